The van der Waals surface area contributed by atoms with Gasteiger partial charge < -0.3 is 10.0 Å². The summed E-state index contributed by atoms with van der Waals surface area (Å²) in [4.78, 5) is 13.4. The van der Waals surface area contributed by atoms with Crippen molar-refractivity contribution >= 4 is 5.91 Å². The number of aliphatic hydroxyl groups excluding tert-OH is 1. The Bertz CT molecular complexity index is 350. The van der Waals surface area contributed by atoms with Crippen LogP contribution in [0.5, 0.6) is 0 Å². The third kappa shape index (κ3) is 2.42. The minimum Gasteiger partial charge on any atom is -0.394 e. The van der Waals surface area contributed by atoms with Gasteiger partial charge in [-0.2, -0.15) is 0 Å². The maximum absolute atomic E-state index is 11.6. The van der Waals surface area contributed by atoms with Crippen LogP contribution in [0.15, 0.2) is 30.3 Å². The highest BCUT2D eigenvalue weighted by molar-refractivity contribution is 5.78. The smallest absolute Gasteiger partial charge is 0.222 e. The molecular weight excluding hydrogens is 202 g/mol. The second kappa shape index (κ2) is 5.12. The Morgan fingerprint density at radius 3 is 2.62 bits per heavy atom. The van der Waals surface area contributed by atoms with Crippen LogP contribution in [-0.4, -0.2) is 35.1 Å². The molecule has 0 aliphatic carbocycles. The van der Waals surface area contributed by atoms with Gasteiger partial charge in [-0.05, 0) is 18.4 Å². The number of carbonyl (C=O) groups is 1. The fraction of sp³-hybridized carbons (Fsp3) is 0.462. The van der Waals surface area contributed by atoms with Gasteiger partial charge in [0, 0.05) is 13.0 Å². The lowest BCUT2D eigenvalue weighted by molar-refractivity contribution is -0.130. The van der Waals surface area contributed by atoms with E-state index < -0.39 is 0 Å². The first kappa shape index (κ1) is 11.1. The number of carbonyl (C=O) groups excluding carboxylic acids is 1. The van der Waals surface area contributed by atoms with Crippen molar-refractivity contribution in [2.45, 2.75) is 25.3 Å². The molecule has 1 amide bonds. The maximum atomic E-state index is 11.6. The number of nitrogens with zero attached hydrogens (tertiary/aromatic N) is 1. The molecular formula is C13H17NO2. The zero-order valence-electron chi connectivity index (χ0n) is 9.30. The minimum absolute atomic E-state index is 0.0423. The van der Waals surface area contributed by atoms with Crippen molar-refractivity contribution in [3.05, 3.63) is 35.9 Å². The van der Waals surface area contributed by atoms with Crippen molar-refractivity contribution in [2.24, 2.45) is 0 Å². The number of hydrogen-bond donors (Lipinski definition) is 1. The van der Waals surface area contributed by atoms with Crippen LogP contribution < -0.4 is 0 Å². The molecule has 0 aromatic heterocycles. The Labute approximate surface area is 95.7 Å². The van der Waals surface area contributed by atoms with Crippen LogP contribution in [0.2, 0.25) is 0 Å². The summed E-state index contributed by atoms with van der Waals surface area (Å²) in [5, 5.41) is 9.37. The third-order valence-corrected chi connectivity index (χ3v) is 3.08. The normalized spacial score (nSPS) is 17.8. The van der Waals surface area contributed by atoms with Crippen molar-refractivity contribution in [3.8, 4) is 0 Å². The summed E-state index contributed by atoms with van der Waals surface area (Å²) in [5.41, 5.74) is 1.17. The summed E-state index contributed by atoms with van der Waals surface area (Å²) in [7, 11) is 0. The van der Waals surface area contributed by atoms with Gasteiger partial charge in [-0.1, -0.05) is 30.3 Å². The van der Waals surface area contributed by atoms with Gasteiger partial charge in [0.2, 0.25) is 5.91 Å². The molecule has 1 saturated heterocycles. The molecule has 16 heavy (non-hydrogen) atoms. The molecule has 1 aliphatic rings. The topological polar surface area (TPSA) is 40.5 Å². The quantitative estimate of drug-likeness (QED) is 0.827. The van der Waals surface area contributed by atoms with E-state index in [1.807, 2.05) is 35.2 Å². The summed E-state index contributed by atoms with van der Waals surface area (Å²) in [6.45, 7) is 0.831. The van der Waals surface area contributed by atoms with Crippen LogP contribution in [-0.2, 0) is 11.2 Å². The first-order chi connectivity index (χ1) is 7.81. The van der Waals surface area contributed by atoms with Gasteiger partial charge in [0.05, 0.1) is 12.6 Å². The monoisotopic (exact) mass is 219 g/mol. The Hall–Kier alpha value is -1.35. The van der Waals surface area contributed by atoms with Crippen molar-refractivity contribution in [2.75, 3.05) is 13.2 Å². The fourth-order valence-electron chi connectivity index (χ4n) is 2.21. The molecule has 0 bridgehead atoms. The summed E-state index contributed by atoms with van der Waals surface area (Å²) in [5.74, 6) is 0.176. The molecule has 3 nitrogen and oxygen atoms in total. The zero-order chi connectivity index (χ0) is 11.4. The summed E-state index contributed by atoms with van der Waals surface area (Å²) in [6, 6.07) is 9.94. The lowest BCUT2D eigenvalue weighted by atomic mass is 10.1. The molecule has 1 atom stereocenters. The molecule has 1 N–H and O–H groups in total. The highest BCUT2D eigenvalue weighted by atomic mass is 16.3. The molecule has 0 radical (unpaired) electrons. The second-order valence-electron chi connectivity index (χ2n) is 4.22. The van der Waals surface area contributed by atoms with Gasteiger partial charge in [-0.25, -0.2) is 0 Å². The predicted molar refractivity (Wildman–Crippen MR) is 62.0 cm³/mol. The van der Waals surface area contributed by atoms with Crippen LogP contribution >= 0.6 is 0 Å². The highest BCUT2D eigenvalue weighted by Crippen LogP contribution is 2.16. The van der Waals surface area contributed by atoms with Crippen LogP contribution in [0.1, 0.15) is 18.4 Å². The van der Waals surface area contributed by atoms with Crippen molar-refractivity contribution < 1.29 is 9.90 Å². The molecule has 0 spiro atoms. The van der Waals surface area contributed by atoms with Gasteiger partial charge in [0.1, 0.15) is 0 Å². The standard InChI is InChI=1S/C13H17NO2/c15-10-12(14-8-4-7-13(14)16)9-11-5-2-1-3-6-11/h1-3,5-6,12,15H,4,7-10H2/t12-/m0/s1. The van der Waals surface area contributed by atoms with E-state index in [2.05, 4.69) is 0 Å². The van der Waals surface area contributed by atoms with Crippen LogP contribution in [0.3, 0.4) is 0 Å². The van der Waals surface area contributed by atoms with Crippen molar-refractivity contribution in [1.82, 2.24) is 4.90 Å². The molecule has 0 unspecified atom stereocenters. The first-order valence-corrected chi connectivity index (χ1v) is 5.75. The van der Waals surface area contributed by atoms with Gasteiger partial charge in [0.25, 0.3) is 0 Å². The van der Waals surface area contributed by atoms with E-state index >= 15 is 0 Å². The average Bonchev–Trinajstić information content (AvgIpc) is 2.74. The molecule has 0 saturated carbocycles. The Morgan fingerprint density at radius 2 is 2.06 bits per heavy atom. The van der Waals surface area contributed by atoms with Gasteiger partial charge in [-0.15, -0.1) is 0 Å². The molecule has 1 fully saturated rings. The van der Waals surface area contributed by atoms with Gasteiger partial charge >= 0.3 is 0 Å². The average molecular weight is 219 g/mol. The van der Waals surface area contributed by atoms with E-state index in [1.165, 1.54) is 5.56 Å². The molecule has 1 aromatic carbocycles. The van der Waals surface area contributed by atoms with Crippen LogP contribution in [0.25, 0.3) is 0 Å². The fourth-order valence-corrected chi connectivity index (χ4v) is 2.21. The minimum atomic E-state index is -0.0580. The van der Waals surface area contributed by atoms with Gasteiger partial charge in [-0.3, -0.25) is 4.79 Å². The Kier molecular flexibility index (Phi) is 3.57. The van der Waals surface area contributed by atoms with Crippen LogP contribution in [0.4, 0.5) is 0 Å². The third-order valence-electron chi connectivity index (χ3n) is 3.08. The summed E-state index contributed by atoms with van der Waals surface area (Å²) in [6.07, 6.45) is 2.29. The Morgan fingerprint density at radius 1 is 1.31 bits per heavy atom. The molecule has 1 aromatic rings. The number of aliphatic hydroxyl groups is 1. The lowest BCUT2D eigenvalue weighted by Crippen LogP contribution is -2.40. The SMILES string of the molecule is O=C1CCCN1[C@H](CO)Cc1ccccc1. The number of amides is 1. The van der Waals surface area contributed by atoms with E-state index in [0.29, 0.717) is 6.42 Å². The lowest BCUT2D eigenvalue weighted by Gasteiger charge is -2.26. The van der Waals surface area contributed by atoms with E-state index in [-0.39, 0.29) is 18.6 Å². The molecule has 2 rings (SSSR count). The van der Waals surface area contributed by atoms with E-state index in [9.17, 15) is 9.90 Å². The summed E-state index contributed by atoms with van der Waals surface area (Å²) < 4.78 is 0. The predicted octanol–water partition coefficient (Wildman–Crippen LogP) is 1.21. The molecule has 86 valence electrons. The first-order valence-electron chi connectivity index (χ1n) is 5.75. The van der Waals surface area contributed by atoms with Gasteiger partial charge in [0.15, 0.2) is 0 Å². The number of rotatable bonds is 4. The van der Waals surface area contributed by atoms with E-state index in [4.69, 9.17) is 0 Å². The van der Waals surface area contributed by atoms with E-state index in [0.717, 1.165) is 19.4 Å². The second-order valence-corrected chi connectivity index (χ2v) is 4.22. The maximum Gasteiger partial charge on any atom is 0.222 e. The van der Waals surface area contributed by atoms with E-state index in [1.54, 1.807) is 0 Å². The largest absolute Gasteiger partial charge is 0.394 e. The number of benzene rings is 1. The zero-order valence-corrected chi connectivity index (χ0v) is 9.30. The Balaban J connectivity index is 2.03. The van der Waals surface area contributed by atoms with Crippen molar-refractivity contribution in [3.63, 3.8) is 0 Å². The molecule has 1 heterocycles. The number of hydrogen-bond acceptors (Lipinski definition) is 2. The van der Waals surface area contributed by atoms with Crippen LogP contribution in [0, 0.1) is 0 Å². The number of likely N-dealkylation sites (tertiary alicyclic amines) is 1. The molecule has 3 heteroatoms. The van der Waals surface area contributed by atoms with Crippen molar-refractivity contribution in [1.29, 1.82) is 0 Å². The molecule has 1 aliphatic heterocycles. The summed E-state index contributed by atoms with van der Waals surface area (Å²) >= 11 is 0. The highest BCUT2D eigenvalue weighted by Gasteiger charge is 2.27.